The first-order chi connectivity index (χ1) is 13.6. The van der Waals surface area contributed by atoms with Crippen molar-refractivity contribution in [2.24, 2.45) is 0 Å². The number of ether oxygens (including phenoxy) is 1. The van der Waals surface area contributed by atoms with Crippen LogP contribution in [0.1, 0.15) is 29.2 Å². The highest BCUT2D eigenvalue weighted by atomic mass is 79.9. The van der Waals surface area contributed by atoms with E-state index < -0.39 is 0 Å². The Hall–Kier alpha value is -2.30. The lowest BCUT2D eigenvalue weighted by atomic mass is 9.91. The summed E-state index contributed by atoms with van der Waals surface area (Å²) in [4.78, 5) is 14.9. The maximum Gasteiger partial charge on any atom is 0.415 e. The van der Waals surface area contributed by atoms with E-state index in [1.165, 1.54) is 0 Å². The molecule has 0 aromatic heterocycles. The van der Waals surface area contributed by atoms with Gasteiger partial charge in [-0.25, -0.2) is 4.79 Å². The van der Waals surface area contributed by atoms with Crippen LogP contribution in [0.15, 0.2) is 77.3 Å². The summed E-state index contributed by atoms with van der Waals surface area (Å²) in [5, 5.41) is 0.681. The third kappa shape index (κ3) is 3.94. The van der Waals surface area contributed by atoms with Crippen LogP contribution in [0.5, 0.6) is 0 Å². The smallest absolute Gasteiger partial charge is 0.415 e. The molecule has 1 amide bonds. The van der Waals surface area contributed by atoms with E-state index in [0.717, 1.165) is 39.7 Å². The van der Waals surface area contributed by atoms with E-state index in [9.17, 15) is 4.79 Å². The molecule has 3 nitrogen and oxygen atoms in total. The third-order valence-electron chi connectivity index (χ3n) is 4.99. The first-order valence-corrected chi connectivity index (χ1v) is 10.3. The molecule has 0 N–H and O–H groups in total. The summed E-state index contributed by atoms with van der Waals surface area (Å²) in [6.07, 6.45) is 1.35. The molecular formula is C23H19BrClNO2. The zero-order chi connectivity index (χ0) is 19.5. The molecule has 0 fully saturated rings. The lowest BCUT2D eigenvalue weighted by molar-refractivity contribution is 0.143. The van der Waals surface area contributed by atoms with E-state index in [2.05, 4.69) is 15.9 Å². The summed E-state index contributed by atoms with van der Waals surface area (Å²) in [5.41, 5.74) is 4.03. The highest BCUT2D eigenvalue weighted by Crippen LogP contribution is 2.42. The van der Waals surface area contributed by atoms with Gasteiger partial charge in [0.2, 0.25) is 0 Å². The summed E-state index contributed by atoms with van der Waals surface area (Å²) in [7, 11) is 0. The molecular weight excluding hydrogens is 438 g/mol. The van der Waals surface area contributed by atoms with Gasteiger partial charge in [-0.15, -0.1) is 0 Å². The van der Waals surface area contributed by atoms with Gasteiger partial charge in [-0.05, 0) is 53.8 Å². The quantitative estimate of drug-likeness (QED) is 0.427. The second-order valence-electron chi connectivity index (χ2n) is 6.75. The topological polar surface area (TPSA) is 29.5 Å². The van der Waals surface area contributed by atoms with Crippen molar-refractivity contribution in [3.8, 4) is 0 Å². The number of halogens is 2. The molecule has 1 aliphatic heterocycles. The fourth-order valence-electron chi connectivity index (χ4n) is 3.61. The number of hydrogen-bond donors (Lipinski definition) is 0. The van der Waals surface area contributed by atoms with Gasteiger partial charge in [0, 0.05) is 9.50 Å². The van der Waals surface area contributed by atoms with Crippen molar-refractivity contribution in [2.75, 3.05) is 4.90 Å². The van der Waals surface area contributed by atoms with Gasteiger partial charge in [-0.1, -0.05) is 76.1 Å². The van der Waals surface area contributed by atoms with Crippen LogP contribution in [0.25, 0.3) is 0 Å². The molecule has 28 heavy (non-hydrogen) atoms. The summed E-state index contributed by atoms with van der Waals surface area (Å²) in [5.74, 6) is 0. The van der Waals surface area contributed by atoms with E-state index in [0.29, 0.717) is 5.02 Å². The van der Waals surface area contributed by atoms with Crippen molar-refractivity contribution >= 4 is 39.3 Å². The van der Waals surface area contributed by atoms with Crippen molar-refractivity contribution in [3.05, 3.63) is 99.0 Å². The largest absolute Gasteiger partial charge is 0.444 e. The minimum absolute atomic E-state index is 0.0951. The minimum atomic E-state index is -0.345. The molecule has 142 valence electrons. The first kappa shape index (κ1) is 19.0. The molecule has 0 saturated heterocycles. The molecule has 1 unspecified atom stereocenters. The highest BCUT2D eigenvalue weighted by molar-refractivity contribution is 9.10. The van der Waals surface area contributed by atoms with Crippen molar-refractivity contribution in [1.82, 2.24) is 0 Å². The molecule has 1 atom stereocenters. The molecule has 3 aromatic rings. The molecule has 4 rings (SSSR count). The van der Waals surface area contributed by atoms with Gasteiger partial charge in [0.05, 0.1) is 11.7 Å². The Morgan fingerprint density at radius 3 is 2.54 bits per heavy atom. The average Bonchev–Trinajstić information content (AvgIpc) is 2.73. The number of rotatable bonds is 3. The number of hydrogen-bond acceptors (Lipinski definition) is 2. The van der Waals surface area contributed by atoms with Gasteiger partial charge >= 0.3 is 6.09 Å². The van der Waals surface area contributed by atoms with Gasteiger partial charge in [-0.2, -0.15) is 0 Å². The van der Waals surface area contributed by atoms with Crippen molar-refractivity contribution in [1.29, 1.82) is 0 Å². The van der Waals surface area contributed by atoms with Gasteiger partial charge < -0.3 is 4.74 Å². The summed E-state index contributed by atoms with van der Waals surface area (Å²) in [6.45, 7) is 0.243. The van der Waals surface area contributed by atoms with Crippen LogP contribution in [-0.2, 0) is 17.8 Å². The molecule has 1 aliphatic rings. The zero-order valence-corrected chi connectivity index (χ0v) is 17.5. The SMILES string of the molecule is O=C(OCc1ccccc1)N1c2cccc(Br)c2CCC1c1ccc(Cl)cc1. The Morgan fingerprint density at radius 1 is 1.04 bits per heavy atom. The second kappa shape index (κ2) is 8.38. The van der Waals surface area contributed by atoms with Crippen LogP contribution < -0.4 is 4.90 Å². The van der Waals surface area contributed by atoms with Crippen LogP contribution in [0, 0.1) is 0 Å². The van der Waals surface area contributed by atoms with Crippen LogP contribution in [-0.4, -0.2) is 6.09 Å². The predicted molar refractivity (Wildman–Crippen MR) is 116 cm³/mol. The molecule has 0 saturated carbocycles. The number of carbonyl (C=O) groups is 1. The van der Waals surface area contributed by atoms with E-state index in [-0.39, 0.29) is 18.7 Å². The van der Waals surface area contributed by atoms with Gasteiger partial charge in [0.25, 0.3) is 0 Å². The fraction of sp³-hybridized carbons (Fsp3) is 0.174. The molecule has 0 radical (unpaired) electrons. The molecule has 0 bridgehead atoms. The second-order valence-corrected chi connectivity index (χ2v) is 8.04. The van der Waals surface area contributed by atoms with Crippen LogP contribution >= 0.6 is 27.5 Å². The Morgan fingerprint density at radius 2 is 1.79 bits per heavy atom. The number of fused-ring (bicyclic) bond motifs is 1. The minimum Gasteiger partial charge on any atom is -0.444 e. The maximum atomic E-state index is 13.2. The van der Waals surface area contributed by atoms with Crippen molar-refractivity contribution < 1.29 is 9.53 Å². The lowest BCUT2D eigenvalue weighted by Gasteiger charge is -2.37. The van der Waals surface area contributed by atoms with Crippen molar-refractivity contribution in [2.45, 2.75) is 25.5 Å². The highest BCUT2D eigenvalue weighted by Gasteiger charge is 2.34. The molecule has 5 heteroatoms. The molecule has 3 aromatic carbocycles. The Bertz CT molecular complexity index is 976. The summed E-state index contributed by atoms with van der Waals surface area (Å²) in [6, 6.07) is 23.2. The third-order valence-corrected chi connectivity index (χ3v) is 5.98. The predicted octanol–water partition coefficient (Wildman–Crippen LogP) is 6.93. The van der Waals surface area contributed by atoms with Crippen LogP contribution in [0.2, 0.25) is 5.02 Å². The Kier molecular flexibility index (Phi) is 5.69. The number of benzene rings is 3. The number of carbonyl (C=O) groups excluding carboxylic acids is 1. The lowest BCUT2D eigenvalue weighted by Crippen LogP contribution is -2.38. The van der Waals surface area contributed by atoms with Gasteiger partial charge in [-0.3, -0.25) is 4.90 Å². The first-order valence-electron chi connectivity index (χ1n) is 9.16. The van der Waals surface area contributed by atoms with E-state index in [1.54, 1.807) is 4.90 Å². The van der Waals surface area contributed by atoms with Crippen molar-refractivity contribution in [3.63, 3.8) is 0 Å². The standard InChI is InChI=1S/C23H19BrClNO2/c24-20-7-4-8-22-19(20)13-14-21(17-9-11-18(25)12-10-17)26(22)23(27)28-15-16-5-2-1-3-6-16/h1-12,21H,13-15H2. The monoisotopic (exact) mass is 455 g/mol. The Labute approximate surface area is 178 Å². The average molecular weight is 457 g/mol. The molecule has 0 aliphatic carbocycles. The Balaban J connectivity index is 1.66. The van der Waals surface area contributed by atoms with Gasteiger partial charge in [0.1, 0.15) is 6.61 Å². The van der Waals surface area contributed by atoms with Gasteiger partial charge in [0.15, 0.2) is 0 Å². The summed E-state index contributed by atoms with van der Waals surface area (Å²) < 4.78 is 6.70. The number of nitrogens with zero attached hydrogens (tertiary/aromatic N) is 1. The number of amides is 1. The van der Waals surface area contributed by atoms with E-state index >= 15 is 0 Å². The molecule has 1 heterocycles. The van der Waals surface area contributed by atoms with E-state index in [4.69, 9.17) is 16.3 Å². The zero-order valence-electron chi connectivity index (χ0n) is 15.1. The van der Waals surface area contributed by atoms with Crippen LogP contribution in [0.3, 0.4) is 0 Å². The number of anilines is 1. The van der Waals surface area contributed by atoms with Crippen LogP contribution in [0.4, 0.5) is 10.5 Å². The fourth-order valence-corrected chi connectivity index (χ4v) is 4.29. The normalized spacial score (nSPS) is 15.8. The molecule has 0 spiro atoms. The summed E-state index contributed by atoms with van der Waals surface area (Å²) >= 11 is 9.68. The van der Waals surface area contributed by atoms with E-state index in [1.807, 2.05) is 72.8 Å². The maximum absolute atomic E-state index is 13.2.